The molecule has 6 nitrogen and oxygen atoms in total. The van der Waals surface area contributed by atoms with Crippen LogP contribution in [0.3, 0.4) is 0 Å². The van der Waals surface area contributed by atoms with Crippen molar-refractivity contribution in [2.75, 3.05) is 13.1 Å². The molecule has 1 fully saturated rings. The maximum absolute atomic E-state index is 12.3. The molecule has 19 heavy (non-hydrogen) atoms. The minimum absolute atomic E-state index is 0.0168. The van der Waals surface area contributed by atoms with E-state index in [9.17, 15) is 9.59 Å². The molecule has 2 heterocycles. The first-order chi connectivity index (χ1) is 8.97. The molecule has 1 aliphatic rings. The number of carboxylic acid groups (broad SMARTS) is 1. The quantitative estimate of drug-likeness (QED) is 0.886. The molecule has 0 atom stereocenters. The van der Waals surface area contributed by atoms with E-state index < -0.39 is 5.97 Å². The summed E-state index contributed by atoms with van der Waals surface area (Å²) in [4.78, 5) is 24.8. The second-order valence-electron chi connectivity index (χ2n) is 5.13. The zero-order chi connectivity index (χ0) is 14.0. The molecule has 2 rings (SSSR count). The third kappa shape index (κ3) is 3.13. The number of amides is 1. The van der Waals surface area contributed by atoms with Crippen LogP contribution in [0.15, 0.2) is 6.07 Å². The van der Waals surface area contributed by atoms with Gasteiger partial charge in [0.05, 0.1) is 5.69 Å². The molecule has 0 unspecified atom stereocenters. The molecule has 0 bridgehead atoms. The predicted molar refractivity (Wildman–Crippen MR) is 68.8 cm³/mol. The zero-order valence-electron chi connectivity index (χ0n) is 11.3. The average molecular weight is 265 g/mol. The Kier molecular flexibility index (Phi) is 3.87. The Morgan fingerprint density at radius 3 is 2.53 bits per heavy atom. The molecule has 0 spiro atoms. The minimum atomic E-state index is -0.757. The van der Waals surface area contributed by atoms with Gasteiger partial charge in [-0.1, -0.05) is 0 Å². The van der Waals surface area contributed by atoms with Crippen LogP contribution in [0.25, 0.3) is 0 Å². The molecule has 1 aromatic heterocycles. The summed E-state index contributed by atoms with van der Waals surface area (Å²) in [7, 11) is 1.76. The smallest absolute Gasteiger partial charge is 0.303 e. The number of rotatable bonds is 3. The molecule has 1 saturated heterocycles. The number of carbonyl (C=O) groups is 2. The Bertz CT molecular complexity index is 487. The number of nitrogens with zero attached hydrogens (tertiary/aromatic N) is 3. The molecule has 1 amide bonds. The Morgan fingerprint density at radius 1 is 1.42 bits per heavy atom. The second-order valence-corrected chi connectivity index (χ2v) is 5.13. The lowest BCUT2D eigenvalue weighted by atomic mass is 9.93. The van der Waals surface area contributed by atoms with E-state index in [2.05, 4.69) is 5.10 Å². The molecule has 0 radical (unpaired) electrons. The van der Waals surface area contributed by atoms with Gasteiger partial charge in [0.15, 0.2) is 0 Å². The van der Waals surface area contributed by atoms with Crippen LogP contribution in [-0.2, 0) is 11.8 Å². The van der Waals surface area contributed by atoms with Gasteiger partial charge in [-0.3, -0.25) is 14.3 Å². The highest BCUT2D eigenvalue weighted by Crippen LogP contribution is 2.21. The Morgan fingerprint density at radius 2 is 2.05 bits per heavy atom. The van der Waals surface area contributed by atoms with Crippen LogP contribution in [-0.4, -0.2) is 44.8 Å². The lowest BCUT2D eigenvalue weighted by molar-refractivity contribution is -0.138. The minimum Gasteiger partial charge on any atom is -0.481 e. The van der Waals surface area contributed by atoms with Crippen molar-refractivity contribution in [3.05, 3.63) is 17.5 Å². The molecule has 1 aromatic rings. The molecule has 0 aliphatic carbocycles. The third-order valence-electron chi connectivity index (χ3n) is 3.59. The number of piperidine rings is 1. The van der Waals surface area contributed by atoms with Gasteiger partial charge in [0, 0.05) is 26.6 Å². The van der Waals surface area contributed by atoms with Crippen molar-refractivity contribution in [2.24, 2.45) is 13.0 Å². The molecule has 0 saturated carbocycles. The van der Waals surface area contributed by atoms with E-state index in [-0.39, 0.29) is 18.2 Å². The van der Waals surface area contributed by atoms with Crippen molar-refractivity contribution in [1.29, 1.82) is 0 Å². The van der Waals surface area contributed by atoms with Gasteiger partial charge in [-0.15, -0.1) is 0 Å². The fourth-order valence-corrected chi connectivity index (χ4v) is 2.56. The van der Waals surface area contributed by atoms with Crippen LogP contribution >= 0.6 is 0 Å². The highest BCUT2D eigenvalue weighted by Gasteiger charge is 2.26. The van der Waals surface area contributed by atoms with Gasteiger partial charge >= 0.3 is 5.97 Å². The number of aliphatic carboxylic acids is 1. The van der Waals surface area contributed by atoms with Crippen LogP contribution < -0.4 is 0 Å². The number of hydrogen-bond donors (Lipinski definition) is 1. The number of hydrogen-bond acceptors (Lipinski definition) is 3. The summed E-state index contributed by atoms with van der Waals surface area (Å²) in [5, 5.41) is 12.9. The lowest BCUT2D eigenvalue weighted by Crippen LogP contribution is -2.39. The van der Waals surface area contributed by atoms with E-state index in [1.165, 1.54) is 0 Å². The molecule has 6 heteroatoms. The summed E-state index contributed by atoms with van der Waals surface area (Å²) < 4.78 is 1.60. The van der Waals surface area contributed by atoms with Crippen molar-refractivity contribution >= 4 is 11.9 Å². The Hall–Kier alpha value is -1.85. The highest BCUT2D eigenvalue weighted by molar-refractivity contribution is 5.92. The topological polar surface area (TPSA) is 75.4 Å². The van der Waals surface area contributed by atoms with E-state index >= 15 is 0 Å². The first kappa shape index (κ1) is 13.6. The van der Waals surface area contributed by atoms with Crippen molar-refractivity contribution < 1.29 is 14.7 Å². The summed E-state index contributed by atoms with van der Waals surface area (Å²) >= 11 is 0. The van der Waals surface area contributed by atoms with Gasteiger partial charge in [0.2, 0.25) is 0 Å². The van der Waals surface area contributed by atoms with Gasteiger partial charge in [-0.25, -0.2) is 0 Å². The monoisotopic (exact) mass is 265 g/mol. The normalized spacial score (nSPS) is 16.6. The number of carbonyl (C=O) groups excluding carboxylic acids is 1. The summed E-state index contributed by atoms with van der Waals surface area (Å²) in [5.41, 5.74) is 1.42. The number of likely N-dealkylation sites (tertiary alicyclic amines) is 1. The predicted octanol–water partition coefficient (Wildman–Crippen LogP) is 1.06. The van der Waals surface area contributed by atoms with Crippen molar-refractivity contribution in [1.82, 2.24) is 14.7 Å². The Labute approximate surface area is 112 Å². The lowest BCUT2D eigenvalue weighted by Gasteiger charge is -2.31. The summed E-state index contributed by atoms with van der Waals surface area (Å²) in [6, 6.07) is 1.78. The van der Waals surface area contributed by atoms with E-state index in [1.54, 1.807) is 22.7 Å². The molecular weight excluding hydrogens is 246 g/mol. The van der Waals surface area contributed by atoms with E-state index in [4.69, 9.17) is 5.11 Å². The van der Waals surface area contributed by atoms with Crippen molar-refractivity contribution in [2.45, 2.75) is 26.2 Å². The standard InChI is InChI=1S/C13H19N3O3/c1-9-7-11(15(2)14-9)13(19)16-5-3-10(4-6-16)8-12(17)18/h7,10H,3-6,8H2,1-2H3,(H,17,18). The summed E-state index contributed by atoms with van der Waals surface area (Å²) in [6.45, 7) is 3.11. The Balaban J connectivity index is 1.96. The maximum atomic E-state index is 12.3. The highest BCUT2D eigenvalue weighted by atomic mass is 16.4. The van der Waals surface area contributed by atoms with Gasteiger partial charge in [-0.2, -0.15) is 5.10 Å². The van der Waals surface area contributed by atoms with Crippen molar-refractivity contribution in [3.63, 3.8) is 0 Å². The number of carboxylic acids is 1. The second kappa shape index (κ2) is 5.42. The molecule has 0 aromatic carbocycles. The van der Waals surface area contributed by atoms with Gasteiger partial charge in [0.1, 0.15) is 5.69 Å². The number of aryl methyl sites for hydroxylation is 2. The maximum Gasteiger partial charge on any atom is 0.303 e. The first-order valence-electron chi connectivity index (χ1n) is 6.49. The van der Waals surface area contributed by atoms with Gasteiger partial charge in [-0.05, 0) is 31.7 Å². The molecule has 1 N–H and O–H groups in total. The van der Waals surface area contributed by atoms with E-state index in [0.29, 0.717) is 18.8 Å². The fourth-order valence-electron chi connectivity index (χ4n) is 2.56. The SMILES string of the molecule is Cc1cc(C(=O)N2CCC(CC(=O)O)CC2)n(C)n1. The summed E-state index contributed by atoms with van der Waals surface area (Å²) in [5.74, 6) is -0.585. The van der Waals surface area contributed by atoms with Crippen LogP contribution in [0.4, 0.5) is 0 Å². The molecule has 1 aliphatic heterocycles. The molecular formula is C13H19N3O3. The largest absolute Gasteiger partial charge is 0.481 e. The van der Waals surface area contributed by atoms with Crippen molar-refractivity contribution in [3.8, 4) is 0 Å². The van der Waals surface area contributed by atoms with Crippen LogP contribution in [0.5, 0.6) is 0 Å². The first-order valence-corrected chi connectivity index (χ1v) is 6.49. The van der Waals surface area contributed by atoms with Crippen LogP contribution in [0, 0.1) is 12.8 Å². The van der Waals surface area contributed by atoms with E-state index in [0.717, 1.165) is 18.5 Å². The van der Waals surface area contributed by atoms with Gasteiger partial charge in [0.25, 0.3) is 5.91 Å². The van der Waals surface area contributed by atoms with Crippen LogP contribution in [0.2, 0.25) is 0 Å². The fraction of sp³-hybridized carbons (Fsp3) is 0.615. The van der Waals surface area contributed by atoms with Crippen LogP contribution in [0.1, 0.15) is 35.4 Å². The summed E-state index contributed by atoms with van der Waals surface area (Å²) in [6.07, 6.45) is 1.72. The molecule has 104 valence electrons. The van der Waals surface area contributed by atoms with Gasteiger partial charge < -0.3 is 10.0 Å². The van der Waals surface area contributed by atoms with E-state index in [1.807, 2.05) is 6.92 Å². The zero-order valence-corrected chi connectivity index (χ0v) is 11.3. The number of aromatic nitrogens is 2. The average Bonchev–Trinajstić information content (AvgIpc) is 2.68. The third-order valence-corrected chi connectivity index (χ3v) is 3.59.